The predicted octanol–water partition coefficient (Wildman–Crippen LogP) is 4.71. The number of hydrogen-bond donors (Lipinski definition) is 2. The highest BCUT2D eigenvalue weighted by Crippen LogP contribution is 2.34. The monoisotopic (exact) mass is 461 g/mol. The number of nitro benzene ring substituents is 1. The van der Waals surface area contributed by atoms with Crippen LogP contribution in [0.1, 0.15) is 5.56 Å². The van der Waals surface area contributed by atoms with Gasteiger partial charge in [0.05, 0.1) is 10.4 Å². The summed E-state index contributed by atoms with van der Waals surface area (Å²) in [4.78, 5) is 29.1. The van der Waals surface area contributed by atoms with Gasteiger partial charge in [0.2, 0.25) is 5.91 Å². The maximum Gasteiger partial charge on any atom is 0.294 e. The van der Waals surface area contributed by atoms with Crippen LogP contribution >= 0.6 is 0 Å². The van der Waals surface area contributed by atoms with Crippen molar-refractivity contribution in [2.45, 2.75) is 0 Å². The zero-order valence-corrected chi connectivity index (χ0v) is 18.3. The summed E-state index contributed by atoms with van der Waals surface area (Å²) in [6.07, 6.45) is 2.90. The number of hydrogen-bond acceptors (Lipinski definition) is 6. The van der Waals surface area contributed by atoms with Crippen molar-refractivity contribution >= 4 is 40.1 Å². The third-order valence-corrected chi connectivity index (χ3v) is 5.11. The summed E-state index contributed by atoms with van der Waals surface area (Å²) in [6.45, 7) is 0. The minimum Gasteiger partial charge on any atom is -0.426 e. The Labute approximate surface area is 193 Å². The van der Waals surface area contributed by atoms with Gasteiger partial charge in [-0.05, 0) is 54.1 Å². The van der Waals surface area contributed by atoms with Gasteiger partial charge in [-0.1, -0.05) is 12.1 Å². The van der Waals surface area contributed by atoms with Gasteiger partial charge in [0.1, 0.15) is 17.0 Å². The van der Waals surface area contributed by atoms with Gasteiger partial charge in [0.25, 0.3) is 5.69 Å². The van der Waals surface area contributed by atoms with Crippen LogP contribution in [0.3, 0.4) is 0 Å². The van der Waals surface area contributed by atoms with Gasteiger partial charge in [-0.2, -0.15) is 4.73 Å². The van der Waals surface area contributed by atoms with Crippen LogP contribution in [0.25, 0.3) is 28.5 Å². The molecule has 172 valence electrons. The molecule has 0 aliphatic rings. The van der Waals surface area contributed by atoms with E-state index in [1.807, 2.05) is 0 Å². The number of halogens is 1. The number of fused-ring (bicyclic) bond motifs is 1. The molecule has 1 aromatic heterocycles. The Balaban J connectivity index is 1.55. The molecule has 3 aromatic carbocycles. The molecule has 1 amide bonds. The summed E-state index contributed by atoms with van der Waals surface area (Å²) >= 11 is 0. The molecule has 0 spiro atoms. The highest BCUT2D eigenvalue weighted by atomic mass is 19.1. The lowest BCUT2D eigenvalue weighted by Crippen LogP contribution is -2.11. The molecule has 0 bridgehead atoms. The highest BCUT2D eigenvalue weighted by molar-refractivity contribution is 6.02. The molecule has 0 unspecified atom stereocenters. The molecule has 0 aliphatic carbocycles. The summed E-state index contributed by atoms with van der Waals surface area (Å²) in [5.41, 5.74) is 2.58. The van der Waals surface area contributed by atoms with Gasteiger partial charge in [-0.3, -0.25) is 14.9 Å². The zero-order chi connectivity index (χ0) is 24.4. The number of nitrogens with one attached hydrogen (secondary N) is 1. The lowest BCUT2D eigenvalue weighted by atomic mass is 10.2. The number of carbonyl (C=O) groups excluding carboxylic acids is 1. The Morgan fingerprint density at radius 1 is 1.15 bits per heavy atom. The average Bonchev–Trinajstić information content (AvgIpc) is 3.14. The molecular weight excluding hydrogens is 441 g/mol. The Morgan fingerprint density at radius 2 is 1.82 bits per heavy atom. The maximum atomic E-state index is 13.0. The number of amides is 1. The largest absolute Gasteiger partial charge is 0.426 e. The number of nitrogens with zero attached hydrogens (tertiary/aromatic N) is 4. The molecular formula is C24H20FN5O4. The first-order chi connectivity index (χ1) is 16.2. The van der Waals surface area contributed by atoms with Crippen LogP contribution in [0.4, 0.5) is 21.5 Å². The first-order valence-corrected chi connectivity index (χ1v) is 10.2. The smallest absolute Gasteiger partial charge is 0.294 e. The number of benzene rings is 3. The molecule has 4 aromatic rings. The summed E-state index contributed by atoms with van der Waals surface area (Å²) in [7, 11) is 3.37. The molecule has 4 rings (SSSR count). The van der Waals surface area contributed by atoms with Crippen molar-refractivity contribution in [1.82, 2.24) is 9.71 Å². The van der Waals surface area contributed by atoms with Gasteiger partial charge in [0, 0.05) is 37.5 Å². The second-order valence-electron chi connectivity index (χ2n) is 7.68. The second kappa shape index (κ2) is 9.02. The normalized spacial score (nSPS) is 11.1. The van der Waals surface area contributed by atoms with Crippen LogP contribution in [0.2, 0.25) is 0 Å². The fourth-order valence-electron chi connectivity index (χ4n) is 3.41. The Hall–Kier alpha value is -4.73. The third-order valence-electron chi connectivity index (χ3n) is 5.11. The molecule has 0 atom stereocenters. The second-order valence-corrected chi connectivity index (χ2v) is 7.68. The van der Waals surface area contributed by atoms with E-state index in [0.717, 1.165) is 4.73 Å². The van der Waals surface area contributed by atoms with E-state index in [1.165, 1.54) is 24.3 Å². The minimum absolute atomic E-state index is 0.147. The molecule has 0 aliphatic heterocycles. The summed E-state index contributed by atoms with van der Waals surface area (Å²) in [6, 6.07) is 15.2. The van der Waals surface area contributed by atoms with Gasteiger partial charge in [-0.25, -0.2) is 9.37 Å². The molecule has 0 saturated heterocycles. The summed E-state index contributed by atoms with van der Waals surface area (Å²) < 4.78 is 13.8. The van der Waals surface area contributed by atoms with Crippen LogP contribution < -0.4 is 10.2 Å². The topological polar surface area (TPSA) is 114 Å². The van der Waals surface area contributed by atoms with Crippen molar-refractivity contribution in [2.75, 3.05) is 24.3 Å². The van der Waals surface area contributed by atoms with Crippen LogP contribution in [-0.4, -0.2) is 39.8 Å². The standard InChI is InChI=1S/C24H20FN5O4/c1-28(2)21-13-19-20(14-22(21)30(33)34)29(32)24(27-19)16-6-10-18(11-7-16)26-23(31)12-5-15-3-8-17(25)9-4-15/h3-14,32H,1-2H3,(H,26,31)/b12-5+. The van der Waals surface area contributed by atoms with Gasteiger partial charge < -0.3 is 15.4 Å². The Kier molecular flexibility index (Phi) is 5.96. The SMILES string of the molecule is CN(C)c1cc2nc(-c3ccc(NC(=O)/C=C/c4ccc(F)cc4)cc3)n(O)c2cc1[N+](=O)[O-]. The number of carbonyl (C=O) groups is 1. The Morgan fingerprint density at radius 3 is 2.44 bits per heavy atom. The van der Waals surface area contributed by atoms with Crippen LogP contribution in [-0.2, 0) is 4.79 Å². The van der Waals surface area contributed by atoms with Crippen molar-refractivity contribution in [2.24, 2.45) is 0 Å². The molecule has 2 N–H and O–H groups in total. The summed E-state index contributed by atoms with van der Waals surface area (Å²) in [5, 5.41) is 24.8. The van der Waals surface area contributed by atoms with E-state index in [9.17, 15) is 24.5 Å². The fraction of sp³-hybridized carbons (Fsp3) is 0.0833. The molecule has 9 nitrogen and oxygen atoms in total. The van der Waals surface area contributed by atoms with E-state index in [-0.39, 0.29) is 28.8 Å². The molecule has 0 fully saturated rings. The first-order valence-electron chi connectivity index (χ1n) is 10.2. The van der Waals surface area contributed by atoms with Gasteiger partial charge in [-0.15, -0.1) is 0 Å². The number of nitro groups is 1. The number of rotatable bonds is 6. The number of imidazole rings is 1. The van der Waals surface area contributed by atoms with Crippen molar-refractivity contribution < 1.29 is 19.3 Å². The predicted molar refractivity (Wildman–Crippen MR) is 127 cm³/mol. The van der Waals surface area contributed by atoms with Crippen LogP contribution in [0.5, 0.6) is 0 Å². The van der Waals surface area contributed by atoms with Gasteiger partial charge in [0.15, 0.2) is 5.82 Å². The van der Waals surface area contributed by atoms with E-state index in [2.05, 4.69) is 10.3 Å². The highest BCUT2D eigenvalue weighted by Gasteiger charge is 2.21. The van der Waals surface area contributed by atoms with E-state index in [0.29, 0.717) is 28.0 Å². The number of anilines is 2. The molecule has 34 heavy (non-hydrogen) atoms. The van der Waals surface area contributed by atoms with Gasteiger partial charge >= 0.3 is 0 Å². The van der Waals surface area contributed by atoms with Crippen LogP contribution in [0, 0.1) is 15.9 Å². The van der Waals surface area contributed by atoms with E-state index in [4.69, 9.17) is 0 Å². The van der Waals surface area contributed by atoms with Crippen molar-refractivity contribution in [3.05, 3.63) is 88.2 Å². The maximum absolute atomic E-state index is 13.0. The van der Waals surface area contributed by atoms with E-state index in [1.54, 1.807) is 67.5 Å². The van der Waals surface area contributed by atoms with Crippen molar-refractivity contribution in [3.8, 4) is 11.4 Å². The molecule has 0 radical (unpaired) electrons. The first kappa shape index (κ1) is 22.5. The summed E-state index contributed by atoms with van der Waals surface area (Å²) in [5.74, 6) is -0.515. The minimum atomic E-state index is -0.510. The average molecular weight is 461 g/mol. The quantitative estimate of drug-likeness (QED) is 0.186. The van der Waals surface area contributed by atoms with E-state index >= 15 is 0 Å². The zero-order valence-electron chi connectivity index (χ0n) is 18.3. The number of aromatic nitrogens is 2. The third kappa shape index (κ3) is 4.56. The molecule has 0 saturated carbocycles. The lowest BCUT2D eigenvalue weighted by molar-refractivity contribution is -0.384. The lowest BCUT2D eigenvalue weighted by Gasteiger charge is -2.12. The Bertz CT molecular complexity index is 1410. The molecule has 1 heterocycles. The molecule has 10 heteroatoms. The van der Waals surface area contributed by atoms with Crippen molar-refractivity contribution in [1.29, 1.82) is 0 Å². The fourth-order valence-corrected chi connectivity index (χ4v) is 3.41. The van der Waals surface area contributed by atoms with E-state index < -0.39 is 4.92 Å². The van der Waals surface area contributed by atoms with Crippen LogP contribution in [0.15, 0.2) is 66.7 Å². The van der Waals surface area contributed by atoms with Crippen molar-refractivity contribution in [3.63, 3.8) is 0 Å².